The van der Waals surface area contributed by atoms with Crippen molar-refractivity contribution >= 4 is 0 Å². The van der Waals surface area contributed by atoms with Crippen molar-refractivity contribution < 1.29 is 0 Å². The zero-order chi connectivity index (χ0) is 15.4. The van der Waals surface area contributed by atoms with Crippen LogP contribution in [0.3, 0.4) is 0 Å². The minimum absolute atomic E-state index is 0.712. The molecule has 118 valence electrons. The second-order valence-corrected chi connectivity index (χ2v) is 6.63. The highest BCUT2D eigenvalue weighted by Gasteiger charge is 2.12. The summed E-state index contributed by atoms with van der Waals surface area (Å²) in [5.74, 6) is 3.09. The monoisotopic (exact) mass is 278 g/mol. The molecule has 0 aromatic heterocycles. The number of rotatable bonds is 12. The lowest BCUT2D eigenvalue weighted by molar-refractivity contribution is 0.386. The fourth-order valence-electron chi connectivity index (χ4n) is 3.01. The smallest absolute Gasteiger partial charge is 0.0208 e. The highest BCUT2D eigenvalue weighted by molar-refractivity contribution is 4.92. The molecule has 4 atom stereocenters. The molecule has 0 aromatic rings. The van der Waals surface area contributed by atoms with Crippen LogP contribution < -0.4 is 0 Å². The predicted molar refractivity (Wildman–Crippen MR) is 94.0 cm³/mol. The van der Waals surface area contributed by atoms with E-state index in [1.165, 1.54) is 44.9 Å². The zero-order valence-electron chi connectivity index (χ0n) is 14.7. The van der Waals surface area contributed by atoms with Gasteiger partial charge in [-0.25, -0.2) is 0 Å². The van der Waals surface area contributed by atoms with Crippen LogP contribution in [-0.4, -0.2) is 0 Å². The van der Waals surface area contributed by atoms with Gasteiger partial charge in [-0.3, -0.25) is 0 Å². The number of hydrogen-bond acceptors (Lipinski definition) is 0. The molecule has 0 amide bonds. The summed E-state index contributed by atoms with van der Waals surface area (Å²) in [7, 11) is 0. The average molecular weight is 279 g/mol. The van der Waals surface area contributed by atoms with E-state index in [0.717, 1.165) is 17.8 Å². The summed E-state index contributed by atoms with van der Waals surface area (Å²) in [4.78, 5) is 0. The van der Waals surface area contributed by atoms with Gasteiger partial charge in [0.1, 0.15) is 0 Å². The topological polar surface area (TPSA) is 0 Å². The quantitative estimate of drug-likeness (QED) is 0.336. The van der Waals surface area contributed by atoms with Crippen LogP contribution in [0.25, 0.3) is 0 Å². The molecule has 0 nitrogen and oxygen atoms in total. The summed E-state index contributed by atoms with van der Waals surface area (Å²) in [6.45, 7) is 15.6. The van der Waals surface area contributed by atoms with E-state index in [4.69, 9.17) is 0 Å². The van der Waals surface area contributed by atoms with Crippen molar-refractivity contribution in [3.8, 4) is 0 Å². The molecule has 0 heteroatoms. The molecule has 0 heterocycles. The van der Waals surface area contributed by atoms with Gasteiger partial charge in [0.05, 0.1) is 0 Å². The number of allylic oxidation sites excluding steroid dienone is 3. The van der Waals surface area contributed by atoms with Crippen molar-refractivity contribution in [2.24, 2.45) is 23.7 Å². The van der Waals surface area contributed by atoms with Crippen LogP contribution in [0.1, 0.15) is 79.6 Å². The highest BCUT2D eigenvalue weighted by atomic mass is 14.2. The first-order valence-corrected chi connectivity index (χ1v) is 8.88. The van der Waals surface area contributed by atoms with Gasteiger partial charge in [-0.05, 0) is 49.4 Å². The van der Waals surface area contributed by atoms with Crippen molar-refractivity contribution in [2.45, 2.75) is 79.6 Å². The lowest BCUT2D eigenvalue weighted by Gasteiger charge is -2.19. The molecular weight excluding hydrogens is 240 g/mol. The Labute approximate surface area is 128 Å². The Bertz CT molecular complexity index is 251. The van der Waals surface area contributed by atoms with E-state index in [9.17, 15) is 0 Å². The summed E-state index contributed by atoms with van der Waals surface area (Å²) < 4.78 is 0. The van der Waals surface area contributed by atoms with E-state index in [2.05, 4.69) is 59.4 Å². The predicted octanol–water partition coefficient (Wildman–Crippen LogP) is 7.02. The van der Waals surface area contributed by atoms with E-state index < -0.39 is 0 Å². The highest BCUT2D eigenvalue weighted by Crippen LogP contribution is 2.24. The zero-order valence-corrected chi connectivity index (χ0v) is 14.7. The van der Waals surface area contributed by atoms with Gasteiger partial charge in [0.15, 0.2) is 0 Å². The Hall–Kier alpha value is -0.520. The number of hydrogen-bond donors (Lipinski definition) is 0. The third-order valence-electron chi connectivity index (χ3n) is 4.62. The van der Waals surface area contributed by atoms with Crippen LogP contribution in [0, 0.1) is 23.7 Å². The molecule has 0 rings (SSSR count). The molecular formula is C20H38. The summed E-state index contributed by atoms with van der Waals surface area (Å²) >= 11 is 0. The maximum atomic E-state index is 3.98. The second-order valence-electron chi connectivity index (χ2n) is 6.63. The lowest BCUT2D eigenvalue weighted by atomic mass is 9.86. The van der Waals surface area contributed by atoms with Gasteiger partial charge >= 0.3 is 0 Å². The van der Waals surface area contributed by atoms with E-state index in [0.29, 0.717) is 5.92 Å². The minimum atomic E-state index is 0.712. The molecule has 0 fully saturated rings. The Morgan fingerprint density at radius 3 is 2.15 bits per heavy atom. The van der Waals surface area contributed by atoms with Crippen molar-refractivity contribution in [1.82, 2.24) is 0 Å². The first kappa shape index (κ1) is 19.5. The summed E-state index contributed by atoms with van der Waals surface area (Å²) in [5.41, 5.74) is 0. The molecule has 0 spiro atoms. The van der Waals surface area contributed by atoms with Crippen LogP contribution in [0.15, 0.2) is 24.8 Å². The molecule has 4 unspecified atom stereocenters. The van der Waals surface area contributed by atoms with Gasteiger partial charge in [-0.15, -0.1) is 6.58 Å². The van der Waals surface area contributed by atoms with Crippen LogP contribution in [0.4, 0.5) is 0 Å². The lowest BCUT2D eigenvalue weighted by Crippen LogP contribution is -2.08. The minimum Gasteiger partial charge on any atom is -0.103 e. The molecule has 0 aromatic carbocycles. The molecule has 0 saturated carbocycles. The maximum absolute atomic E-state index is 3.98. The van der Waals surface area contributed by atoms with Gasteiger partial charge in [-0.2, -0.15) is 0 Å². The van der Waals surface area contributed by atoms with Gasteiger partial charge in [0.2, 0.25) is 0 Å². The molecule has 20 heavy (non-hydrogen) atoms. The molecule has 0 aliphatic carbocycles. The third-order valence-corrected chi connectivity index (χ3v) is 4.62. The van der Waals surface area contributed by atoms with Gasteiger partial charge in [-0.1, -0.05) is 72.1 Å². The Morgan fingerprint density at radius 1 is 1.00 bits per heavy atom. The SMILES string of the molecule is C=CC(CCC)CC(C)CC=CC(CCC)C(C)CC. The summed E-state index contributed by atoms with van der Waals surface area (Å²) in [5, 5.41) is 0. The second kappa shape index (κ2) is 12.2. The van der Waals surface area contributed by atoms with Gasteiger partial charge < -0.3 is 0 Å². The van der Waals surface area contributed by atoms with Gasteiger partial charge in [0.25, 0.3) is 0 Å². The van der Waals surface area contributed by atoms with Crippen LogP contribution in [0.2, 0.25) is 0 Å². The Balaban J connectivity index is 4.21. The fourth-order valence-corrected chi connectivity index (χ4v) is 3.01. The molecule has 0 bridgehead atoms. The summed E-state index contributed by atoms with van der Waals surface area (Å²) in [6, 6.07) is 0. The molecule has 0 N–H and O–H groups in total. The van der Waals surface area contributed by atoms with Crippen molar-refractivity contribution in [2.75, 3.05) is 0 Å². The standard InChI is InChI=1S/C20H38/c1-7-12-19(10-4)16-17(5)14-11-15-20(13-8-2)18(6)9-3/h10-11,15,17-20H,4,7-9,12-14,16H2,1-3,5-6H3. The average Bonchev–Trinajstić information content (AvgIpc) is 2.45. The van der Waals surface area contributed by atoms with E-state index in [1.54, 1.807) is 0 Å². The van der Waals surface area contributed by atoms with Crippen molar-refractivity contribution in [1.29, 1.82) is 0 Å². The fraction of sp³-hybridized carbons (Fsp3) is 0.800. The largest absolute Gasteiger partial charge is 0.103 e. The molecule has 0 saturated heterocycles. The van der Waals surface area contributed by atoms with Crippen LogP contribution in [-0.2, 0) is 0 Å². The Morgan fingerprint density at radius 2 is 1.65 bits per heavy atom. The van der Waals surface area contributed by atoms with Gasteiger partial charge in [0, 0.05) is 0 Å². The molecule has 0 radical (unpaired) electrons. The van der Waals surface area contributed by atoms with Crippen LogP contribution in [0.5, 0.6) is 0 Å². The third kappa shape index (κ3) is 8.61. The van der Waals surface area contributed by atoms with E-state index in [-0.39, 0.29) is 0 Å². The normalized spacial score (nSPS) is 17.9. The summed E-state index contributed by atoms with van der Waals surface area (Å²) in [6.07, 6.45) is 16.1. The maximum Gasteiger partial charge on any atom is -0.0208 e. The first-order valence-electron chi connectivity index (χ1n) is 8.88. The van der Waals surface area contributed by atoms with E-state index >= 15 is 0 Å². The van der Waals surface area contributed by atoms with Crippen LogP contribution >= 0.6 is 0 Å². The Kier molecular flexibility index (Phi) is 11.9. The van der Waals surface area contributed by atoms with Crippen molar-refractivity contribution in [3.63, 3.8) is 0 Å². The van der Waals surface area contributed by atoms with E-state index in [1.807, 2.05) is 0 Å². The van der Waals surface area contributed by atoms with Crippen molar-refractivity contribution in [3.05, 3.63) is 24.8 Å². The molecule has 0 aliphatic rings. The first-order chi connectivity index (χ1) is 9.58. The molecule has 0 aliphatic heterocycles.